The minimum atomic E-state index is -0.804. The summed E-state index contributed by atoms with van der Waals surface area (Å²) < 4.78 is 2.00. The van der Waals surface area contributed by atoms with Crippen molar-refractivity contribution in [2.75, 3.05) is 13.1 Å². The fourth-order valence-electron chi connectivity index (χ4n) is 3.21. The van der Waals surface area contributed by atoms with Crippen LogP contribution in [0.4, 0.5) is 0 Å². The SMILES string of the molecule is C=C(C#N)C[C@@H](O)c1ccc(Cl)cc1-c1cnn(C2CCNCC2)c1. The van der Waals surface area contributed by atoms with Crippen LogP contribution >= 0.6 is 11.6 Å². The molecule has 0 unspecified atom stereocenters. The summed E-state index contributed by atoms with van der Waals surface area (Å²) in [7, 11) is 0. The highest BCUT2D eigenvalue weighted by Crippen LogP contribution is 2.34. The van der Waals surface area contributed by atoms with Gasteiger partial charge in [-0.15, -0.1) is 0 Å². The largest absolute Gasteiger partial charge is 0.388 e. The molecule has 1 aromatic heterocycles. The normalized spacial score (nSPS) is 16.4. The molecule has 0 spiro atoms. The van der Waals surface area contributed by atoms with Crippen LogP contribution in [0, 0.1) is 11.3 Å². The standard InChI is InChI=1S/C19H21ClN4O/c1-13(10-21)8-19(25)17-3-2-15(20)9-18(17)14-11-23-24(12-14)16-4-6-22-7-5-16/h2-3,9,11-12,16,19,22,25H,1,4-8H2/t19-/m1/s1. The average molecular weight is 357 g/mol. The molecule has 0 radical (unpaired) electrons. The van der Waals surface area contributed by atoms with Gasteiger partial charge in [-0.1, -0.05) is 24.2 Å². The van der Waals surface area contributed by atoms with Crippen molar-refractivity contribution in [2.24, 2.45) is 0 Å². The van der Waals surface area contributed by atoms with E-state index in [1.165, 1.54) is 0 Å². The number of aromatic nitrogens is 2. The minimum Gasteiger partial charge on any atom is -0.388 e. The molecule has 1 fully saturated rings. The van der Waals surface area contributed by atoms with Crippen LogP contribution < -0.4 is 5.32 Å². The van der Waals surface area contributed by atoms with E-state index in [1.54, 1.807) is 12.1 Å². The van der Waals surface area contributed by atoms with Gasteiger partial charge < -0.3 is 10.4 Å². The van der Waals surface area contributed by atoms with E-state index in [9.17, 15) is 5.11 Å². The predicted octanol–water partition coefficient (Wildman–Crippen LogP) is 3.63. The van der Waals surface area contributed by atoms with Gasteiger partial charge in [0.25, 0.3) is 0 Å². The lowest BCUT2D eigenvalue weighted by molar-refractivity contribution is 0.180. The topological polar surface area (TPSA) is 73.9 Å². The summed E-state index contributed by atoms with van der Waals surface area (Å²) in [5.41, 5.74) is 2.83. The van der Waals surface area contributed by atoms with Crippen LogP contribution in [0.15, 0.2) is 42.7 Å². The summed E-state index contributed by atoms with van der Waals surface area (Å²) >= 11 is 6.17. The minimum absolute atomic E-state index is 0.202. The maximum atomic E-state index is 10.5. The second-order valence-corrected chi connectivity index (χ2v) is 6.79. The second-order valence-electron chi connectivity index (χ2n) is 6.36. The second kappa shape index (κ2) is 7.83. The van der Waals surface area contributed by atoms with Gasteiger partial charge in [-0.2, -0.15) is 10.4 Å². The lowest BCUT2D eigenvalue weighted by atomic mass is 9.95. The molecule has 1 aromatic carbocycles. The lowest BCUT2D eigenvalue weighted by Gasteiger charge is -2.22. The Morgan fingerprint density at radius 2 is 2.24 bits per heavy atom. The molecule has 1 saturated heterocycles. The van der Waals surface area contributed by atoms with Crippen molar-refractivity contribution in [3.63, 3.8) is 0 Å². The highest BCUT2D eigenvalue weighted by atomic mass is 35.5. The highest BCUT2D eigenvalue weighted by molar-refractivity contribution is 6.30. The van der Waals surface area contributed by atoms with E-state index in [1.807, 2.05) is 29.2 Å². The van der Waals surface area contributed by atoms with Crippen LogP contribution in [0.25, 0.3) is 11.1 Å². The van der Waals surface area contributed by atoms with E-state index in [0.717, 1.165) is 42.6 Å². The third kappa shape index (κ3) is 4.10. The maximum Gasteiger partial charge on any atom is 0.0941 e. The predicted molar refractivity (Wildman–Crippen MR) is 98.1 cm³/mol. The van der Waals surface area contributed by atoms with Gasteiger partial charge in [0, 0.05) is 28.8 Å². The van der Waals surface area contributed by atoms with Gasteiger partial charge in [0.2, 0.25) is 0 Å². The van der Waals surface area contributed by atoms with E-state index in [4.69, 9.17) is 16.9 Å². The van der Waals surface area contributed by atoms with Crippen LogP contribution in [0.1, 0.15) is 37.0 Å². The molecule has 1 atom stereocenters. The summed E-state index contributed by atoms with van der Waals surface area (Å²) in [4.78, 5) is 0. The molecule has 0 aliphatic carbocycles. The molecule has 6 heteroatoms. The molecule has 2 N–H and O–H groups in total. The quantitative estimate of drug-likeness (QED) is 0.802. The molecule has 3 rings (SSSR count). The molecule has 2 aromatic rings. The average Bonchev–Trinajstić information content (AvgIpc) is 3.12. The van der Waals surface area contributed by atoms with Crippen molar-refractivity contribution in [3.8, 4) is 17.2 Å². The number of hydrogen-bond acceptors (Lipinski definition) is 4. The molecule has 130 valence electrons. The first-order valence-corrected chi connectivity index (χ1v) is 8.77. The first kappa shape index (κ1) is 17.7. The van der Waals surface area contributed by atoms with Gasteiger partial charge in [-0.25, -0.2) is 0 Å². The smallest absolute Gasteiger partial charge is 0.0941 e. The van der Waals surface area contributed by atoms with Gasteiger partial charge in [0.15, 0.2) is 0 Å². The molecule has 0 amide bonds. The first-order chi connectivity index (χ1) is 12.1. The number of aliphatic hydroxyl groups is 1. The van der Waals surface area contributed by atoms with Crippen LogP contribution in [0.3, 0.4) is 0 Å². The van der Waals surface area contributed by atoms with Gasteiger partial charge in [0.1, 0.15) is 0 Å². The van der Waals surface area contributed by atoms with Gasteiger partial charge >= 0.3 is 0 Å². The fourth-order valence-corrected chi connectivity index (χ4v) is 3.38. The Morgan fingerprint density at radius 3 is 2.96 bits per heavy atom. The van der Waals surface area contributed by atoms with E-state index in [0.29, 0.717) is 16.6 Å². The maximum absolute atomic E-state index is 10.5. The molecular formula is C19H21ClN4O. The first-order valence-electron chi connectivity index (χ1n) is 8.39. The lowest BCUT2D eigenvalue weighted by Crippen LogP contribution is -2.29. The van der Waals surface area contributed by atoms with Crippen molar-refractivity contribution in [1.29, 1.82) is 5.26 Å². The molecule has 2 heterocycles. The summed E-state index contributed by atoms with van der Waals surface area (Å²) in [6.07, 6.45) is 5.32. The van der Waals surface area contributed by atoms with E-state index in [-0.39, 0.29) is 6.42 Å². The number of piperidine rings is 1. The van der Waals surface area contributed by atoms with Crippen molar-refractivity contribution < 1.29 is 5.11 Å². The zero-order valence-electron chi connectivity index (χ0n) is 14.0. The molecule has 1 aliphatic heterocycles. The number of nitrogens with zero attached hydrogens (tertiary/aromatic N) is 3. The van der Waals surface area contributed by atoms with Gasteiger partial charge in [0.05, 0.1) is 24.4 Å². The zero-order valence-corrected chi connectivity index (χ0v) is 14.7. The Balaban J connectivity index is 1.91. The number of halogens is 1. The Hall–Kier alpha value is -2.13. The molecule has 25 heavy (non-hydrogen) atoms. The summed E-state index contributed by atoms with van der Waals surface area (Å²) in [6.45, 7) is 5.65. The molecular weight excluding hydrogens is 336 g/mol. The van der Waals surface area contributed by atoms with Crippen LogP contribution in [-0.2, 0) is 0 Å². The summed E-state index contributed by atoms with van der Waals surface area (Å²) in [5.74, 6) is 0. The molecule has 0 saturated carbocycles. The fraction of sp³-hybridized carbons (Fsp3) is 0.368. The van der Waals surface area contributed by atoms with Crippen molar-refractivity contribution in [2.45, 2.75) is 31.4 Å². The highest BCUT2D eigenvalue weighted by Gasteiger charge is 2.19. The van der Waals surface area contributed by atoms with Gasteiger partial charge in [-0.05, 0) is 49.2 Å². The monoisotopic (exact) mass is 356 g/mol. The van der Waals surface area contributed by atoms with Crippen molar-refractivity contribution in [3.05, 3.63) is 53.3 Å². The summed E-state index contributed by atoms with van der Waals surface area (Å²) in [5, 5.41) is 27.9. The number of hydrogen-bond donors (Lipinski definition) is 2. The van der Waals surface area contributed by atoms with Crippen LogP contribution in [0.5, 0.6) is 0 Å². The third-order valence-corrected chi connectivity index (χ3v) is 4.80. The Morgan fingerprint density at radius 1 is 1.48 bits per heavy atom. The molecule has 1 aliphatic rings. The van der Waals surface area contributed by atoms with Crippen LogP contribution in [0.2, 0.25) is 5.02 Å². The Labute approximate surface area is 152 Å². The van der Waals surface area contributed by atoms with Crippen molar-refractivity contribution in [1.82, 2.24) is 15.1 Å². The van der Waals surface area contributed by atoms with Crippen LogP contribution in [-0.4, -0.2) is 28.0 Å². The number of nitriles is 1. The van der Waals surface area contributed by atoms with Gasteiger partial charge in [-0.3, -0.25) is 4.68 Å². The summed E-state index contributed by atoms with van der Waals surface area (Å²) in [6, 6.07) is 7.75. The van der Waals surface area contributed by atoms with E-state index in [2.05, 4.69) is 17.0 Å². The third-order valence-electron chi connectivity index (χ3n) is 4.57. The zero-order chi connectivity index (χ0) is 17.8. The number of benzene rings is 1. The van der Waals surface area contributed by atoms with E-state index >= 15 is 0 Å². The number of rotatable bonds is 5. The van der Waals surface area contributed by atoms with Crippen molar-refractivity contribution >= 4 is 11.6 Å². The molecule has 0 bridgehead atoms. The van der Waals surface area contributed by atoms with E-state index < -0.39 is 6.10 Å². The Kier molecular flexibility index (Phi) is 5.54. The Bertz CT molecular complexity index is 802. The molecule has 5 nitrogen and oxygen atoms in total. The number of nitrogens with one attached hydrogen (secondary N) is 1. The number of aliphatic hydroxyl groups excluding tert-OH is 1.